The summed E-state index contributed by atoms with van der Waals surface area (Å²) in [5, 5.41) is 11.0. The van der Waals surface area contributed by atoms with Crippen molar-refractivity contribution in [2.24, 2.45) is 5.41 Å². The average molecular weight is 412 g/mol. The summed E-state index contributed by atoms with van der Waals surface area (Å²) in [4.78, 5) is 15.6. The van der Waals surface area contributed by atoms with Gasteiger partial charge in [0.1, 0.15) is 0 Å². The van der Waals surface area contributed by atoms with Gasteiger partial charge in [-0.2, -0.15) is 11.8 Å². The second kappa shape index (κ2) is 10.3. The zero-order valence-electron chi connectivity index (χ0n) is 17.6. The number of aliphatic hydroxyl groups is 1. The number of thioether (sulfide) groups is 1. The molecule has 1 fully saturated rings. The fourth-order valence-corrected chi connectivity index (χ4v) is 5.19. The van der Waals surface area contributed by atoms with Crippen LogP contribution in [0.15, 0.2) is 60.7 Å². The van der Waals surface area contributed by atoms with Crippen molar-refractivity contribution in [1.29, 1.82) is 0 Å². The lowest BCUT2D eigenvalue weighted by molar-refractivity contribution is -0.149. The summed E-state index contributed by atoms with van der Waals surface area (Å²) in [7, 11) is 0. The smallest absolute Gasteiger partial charge is 0.231 e. The molecule has 0 aliphatic carbocycles. The highest BCUT2D eigenvalue weighted by molar-refractivity contribution is 7.98. The standard InChI is InChI=1S/C25H33NO2S/c1-3-25(2,23(27)21-13-8-5-9-14-21)24(28)26-17-10-15-22(26)16-18-29-19-20-11-6-4-7-12-20/h4-9,11-14,22-23,27H,3,10,15-19H2,1-2H3/t22-,23+,25+/m0/s1. The normalized spacial score (nSPS) is 19.7. The maximum absolute atomic E-state index is 13.5. The Labute approximate surface area is 179 Å². The van der Waals surface area contributed by atoms with E-state index in [0.29, 0.717) is 12.5 Å². The van der Waals surface area contributed by atoms with Gasteiger partial charge in [-0.1, -0.05) is 67.6 Å². The van der Waals surface area contributed by atoms with Crippen LogP contribution in [0, 0.1) is 5.41 Å². The number of carbonyl (C=O) groups is 1. The molecule has 3 nitrogen and oxygen atoms in total. The van der Waals surface area contributed by atoms with E-state index in [4.69, 9.17) is 0 Å². The van der Waals surface area contributed by atoms with Crippen LogP contribution in [0.4, 0.5) is 0 Å². The third kappa shape index (κ3) is 5.23. The maximum atomic E-state index is 13.5. The van der Waals surface area contributed by atoms with Gasteiger partial charge in [0.2, 0.25) is 5.91 Å². The maximum Gasteiger partial charge on any atom is 0.231 e. The number of benzene rings is 2. The quantitative estimate of drug-likeness (QED) is 0.558. The van der Waals surface area contributed by atoms with Crippen LogP contribution in [0.5, 0.6) is 0 Å². The Balaban J connectivity index is 1.60. The minimum atomic E-state index is -0.791. The van der Waals surface area contributed by atoms with Crippen LogP contribution in [0.25, 0.3) is 0 Å². The summed E-state index contributed by atoms with van der Waals surface area (Å²) >= 11 is 1.94. The van der Waals surface area contributed by atoms with Gasteiger partial charge in [-0.25, -0.2) is 0 Å². The Morgan fingerprint density at radius 3 is 2.48 bits per heavy atom. The SMILES string of the molecule is CC[C@@](C)(C(=O)N1CCC[C@H]1CCSCc1ccccc1)[C@H](O)c1ccccc1. The first-order valence-corrected chi connectivity index (χ1v) is 11.9. The lowest BCUT2D eigenvalue weighted by atomic mass is 9.77. The molecule has 0 saturated carbocycles. The molecule has 1 aliphatic rings. The molecule has 156 valence electrons. The predicted octanol–water partition coefficient (Wildman–Crippen LogP) is 5.45. The molecule has 1 aliphatic heterocycles. The number of aliphatic hydroxyl groups excluding tert-OH is 1. The first kappa shape index (κ1) is 21.9. The molecule has 0 spiro atoms. The van der Waals surface area contributed by atoms with E-state index >= 15 is 0 Å². The molecule has 0 aromatic heterocycles. The van der Waals surface area contributed by atoms with E-state index in [9.17, 15) is 9.90 Å². The molecule has 2 aromatic carbocycles. The summed E-state index contributed by atoms with van der Waals surface area (Å²) < 4.78 is 0. The molecule has 2 aromatic rings. The molecule has 29 heavy (non-hydrogen) atoms. The van der Waals surface area contributed by atoms with Crippen molar-refractivity contribution < 1.29 is 9.90 Å². The number of hydrogen-bond acceptors (Lipinski definition) is 3. The lowest BCUT2D eigenvalue weighted by Crippen LogP contribution is -2.47. The van der Waals surface area contributed by atoms with Gasteiger partial charge in [-0.15, -0.1) is 0 Å². The van der Waals surface area contributed by atoms with E-state index < -0.39 is 11.5 Å². The second-order valence-corrected chi connectivity index (χ2v) is 9.31. The largest absolute Gasteiger partial charge is 0.387 e. The first-order valence-electron chi connectivity index (χ1n) is 10.7. The van der Waals surface area contributed by atoms with Gasteiger partial charge in [-0.3, -0.25) is 4.79 Å². The topological polar surface area (TPSA) is 40.5 Å². The Kier molecular flexibility index (Phi) is 7.79. The minimum Gasteiger partial charge on any atom is -0.387 e. The summed E-state index contributed by atoms with van der Waals surface area (Å²) in [6.07, 6.45) is 2.98. The number of nitrogens with zero attached hydrogens (tertiary/aromatic N) is 1. The fourth-order valence-electron chi connectivity index (χ4n) is 4.18. The van der Waals surface area contributed by atoms with Crippen molar-refractivity contribution in [3.63, 3.8) is 0 Å². The van der Waals surface area contributed by atoms with Gasteiger partial charge in [0.05, 0.1) is 11.5 Å². The highest BCUT2D eigenvalue weighted by Gasteiger charge is 2.44. The van der Waals surface area contributed by atoms with Crippen LogP contribution in [0.3, 0.4) is 0 Å². The molecule has 4 heteroatoms. The number of hydrogen-bond donors (Lipinski definition) is 1. The summed E-state index contributed by atoms with van der Waals surface area (Å²) in [5.74, 6) is 2.17. The lowest BCUT2D eigenvalue weighted by Gasteiger charge is -2.38. The monoisotopic (exact) mass is 411 g/mol. The van der Waals surface area contributed by atoms with Crippen LogP contribution in [0.2, 0.25) is 0 Å². The van der Waals surface area contributed by atoms with Gasteiger partial charge in [0.15, 0.2) is 0 Å². The molecule has 1 N–H and O–H groups in total. The Morgan fingerprint density at radius 2 is 1.83 bits per heavy atom. The summed E-state index contributed by atoms with van der Waals surface area (Å²) in [5.41, 5.74) is 1.38. The Hall–Kier alpha value is -1.78. The van der Waals surface area contributed by atoms with E-state index in [0.717, 1.165) is 42.9 Å². The third-order valence-electron chi connectivity index (χ3n) is 6.29. The molecule has 3 rings (SSSR count). The van der Waals surface area contributed by atoms with E-state index in [2.05, 4.69) is 29.2 Å². The highest BCUT2D eigenvalue weighted by atomic mass is 32.2. The van der Waals surface area contributed by atoms with E-state index in [1.165, 1.54) is 5.56 Å². The van der Waals surface area contributed by atoms with Crippen molar-refractivity contribution in [1.82, 2.24) is 4.90 Å². The average Bonchev–Trinajstić information content (AvgIpc) is 3.25. The van der Waals surface area contributed by atoms with E-state index in [-0.39, 0.29) is 5.91 Å². The Bertz CT molecular complexity index is 767. The van der Waals surface area contributed by atoms with Crippen LogP contribution in [-0.2, 0) is 10.5 Å². The minimum absolute atomic E-state index is 0.104. The van der Waals surface area contributed by atoms with Crippen molar-refractivity contribution in [2.75, 3.05) is 12.3 Å². The molecule has 1 amide bonds. The van der Waals surface area contributed by atoms with Crippen molar-refractivity contribution in [3.05, 3.63) is 71.8 Å². The van der Waals surface area contributed by atoms with Crippen molar-refractivity contribution >= 4 is 17.7 Å². The molecule has 1 heterocycles. The van der Waals surface area contributed by atoms with E-state index in [1.807, 2.05) is 62.0 Å². The van der Waals surface area contributed by atoms with Crippen LogP contribution in [-0.4, -0.2) is 34.3 Å². The van der Waals surface area contributed by atoms with Gasteiger partial charge in [-0.05, 0) is 49.5 Å². The van der Waals surface area contributed by atoms with Crippen molar-refractivity contribution in [2.45, 2.75) is 57.4 Å². The zero-order valence-corrected chi connectivity index (χ0v) is 18.4. The summed E-state index contributed by atoms with van der Waals surface area (Å²) in [6, 6.07) is 20.4. The number of amides is 1. The van der Waals surface area contributed by atoms with Gasteiger partial charge >= 0.3 is 0 Å². The van der Waals surface area contributed by atoms with Gasteiger partial charge in [0, 0.05) is 18.3 Å². The first-order chi connectivity index (χ1) is 14.1. The second-order valence-electron chi connectivity index (χ2n) is 8.21. The van der Waals surface area contributed by atoms with Crippen LogP contribution < -0.4 is 0 Å². The Morgan fingerprint density at radius 1 is 1.17 bits per heavy atom. The highest BCUT2D eigenvalue weighted by Crippen LogP contribution is 2.40. The van der Waals surface area contributed by atoms with Crippen LogP contribution in [0.1, 0.15) is 56.8 Å². The molecular formula is C25H33NO2S. The van der Waals surface area contributed by atoms with Crippen LogP contribution >= 0.6 is 11.8 Å². The number of rotatable bonds is 9. The fraction of sp³-hybridized carbons (Fsp3) is 0.480. The molecule has 0 radical (unpaired) electrons. The molecule has 0 unspecified atom stereocenters. The number of carbonyl (C=O) groups excluding carboxylic acids is 1. The third-order valence-corrected chi connectivity index (χ3v) is 7.35. The van der Waals surface area contributed by atoms with Gasteiger partial charge < -0.3 is 10.0 Å². The predicted molar refractivity (Wildman–Crippen MR) is 122 cm³/mol. The molecule has 3 atom stereocenters. The van der Waals surface area contributed by atoms with Gasteiger partial charge in [0.25, 0.3) is 0 Å². The molecule has 1 saturated heterocycles. The van der Waals surface area contributed by atoms with E-state index in [1.54, 1.807) is 0 Å². The zero-order chi connectivity index (χ0) is 20.7. The van der Waals surface area contributed by atoms with Crippen molar-refractivity contribution in [3.8, 4) is 0 Å². The number of likely N-dealkylation sites (tertiary alicyclic amines) is 1. The molecular weight excluding hydrogens is 378 g/mol. The molecule has 0 bridgehead atoms. The summed E-state index contributed by atoms with van der Waals surface area (Å²) in [6.45, 7) is 4.74.